The van der Waals surface area contributed by atoms with Gasteiger partial charge in [-0.25, -0.2) is 0 Å². The van der Waals surface area contributed by atoms with E-state index in [1.807, 2.05) is 20.8 Å². The van der Waals surface area contributed by atoms with Crippen molar-refractivity contribution in [2.45, 2.75) is 20.8 Å². The monoisotopic (exact) mass is 191 g/mol. The summed E-state index contributed by atoms with van der Waals surface area (Å²) in [7, 11) is 0. The highest BCUT2D eigenvalue weighted by molar-refractivity contribution is 6.34. The Labute approximate surface area is 77.4 Å². The van der Waals surface area contributed by atoms with Gasteiger partial charge in [-0.1, -0.05) is 37.0 Å². The molecule has 11 heavy (non-hydrogen) atoms. The molecule has 0 spiro atoms. The molecule has 0 bridgehead atoms. The Hall–Kier alpha value is -0.270. The molecule has 0 saturated heterocycles. The summed E-state index contributed by atoms with van der Waals surface area (Å²) in [4.78, 5) is 3.91. The summed E-state index contributed by atoms with van der Waals surface area (Å²) in [6.07, 6.45) is 1.57. The first-order chi connectivity index (χ1) is 5.20. The molecule has 3 heteroatoms. The fraction of sp³-hybridized carbons (Fsp3) is 0.375. The van der Waals surface area contributed by atoms with E-state index in [0.717, 1.165) is 5.69 Å². The number of aryl methyl sites for hydroxylation is 1. The van der Waals surface area contributed by atoms with Crippen molar-refractivity contribution >= 4 is 23.2 Å². The summed E-state index contributed by atoms with van der Waals surface area (Å²) < 4.78 is 0. The van der Waals surface area contributed by atoms with Gasteiger partial charge in [0, 0.05) is 6.20 Å². The van der Waals surface area contributed by atoms with Gasteiger partial charge in [0.2, 0.25) is 0 Å². The maximum absolute atomic E-state index is 5.67. The molecule has 0 unspecified atom stereocenters. The zero-order valence-corrected chi connectivity index (χ0v) is 8.37. The van der Waals surface area contributed by atoms with Crippen LogP contribution in [-0.4, -0.2) is 4.98 Å². The van der Waals surface area contributed by atoms with Gasteiger partial charge in [-0.15, -0.1) is 0 Å². The third kappa shape index (κ3) is 3.59. The molecule has 1 rings (SSSR count). The second-order valence-corrected chi connectivity index (χ2v) is 2.56. The second-order valence-electron chi connectivity index (χ2n) is 1.72. The Bertz CT molecular complexity index is 223. The molecule has 0 aliphatic rings. The summed E-state index contributed by atoms with van der Waals surface area (Å²) in [5, 5.41) is 1.19. The fourth-order valence-electron chi connectivity index (χ4n) is 0.483. The van der Waals surface area contributed by atoms with Gasteiger partial charge in [0.1, 0.15) is 0 Å². The third-order valence-electron chi connectivity index (χ3n) is 0.992. The van der Waals surface area contributed by atoms with Crippen molar-refractivity contribution in [3.63, 3.8) is 0 Å². The summed E-state index contributed by atoms with van der Waals surface area (Å²) in [6.45, 7) is 5.83. The zero-order chi connectivity index (χ0) is 8.85. The molecule has 0 N–H and O–H groups in total. The van der Waals surface area contributed by atoms with Crippen molar-refractivity contribution in [2.75, 3.05) is 0 Å². The molecule has 0 radical (unpaired) electrons. The first kappa shape index (κ1) is 10.7. The van der Waals surface area contributed by atoms with Crippen LogP contribution in [-0.2, 0) is 0 Å². The van der Waals surface area contributed by atoms with Crippen LogP contribution in [0.4, 0.5) is 0 Å². The predicted octanol–water partition coefficient (Wildman–Crippen LogP) is 3.72. The van der Waals surface area contributed by atoms with Gasteiger partial charge in [0.25, 0.3) is 0 Å². The van der Waals surface area contributed by atoms with E-state index in [2.05, 4.69) is 4.98 Å². The van der Waals surface area contributed by atoms with Gasteiger partial charge < -0.3 is 0 Å². The summed E-state index contributed by atoms with van der Waals surface area (Å²) in [5.74, 6) is 0. The average Bonchev–Trinajstić information content (AvgIpc) is 2.02. The predicted molar refractivity (Wildman–Crippen MR) is 50.3 cm³/mol. The zero-order valence-electron chi connectivity index (χ0n) is 6.86. The Kier molecular flexibility index (Phi) is 5.26. The van der Waals surface area contributed by atoms with Crippen molar-refractivity contribution in [1.82, 2.24) is 4.98 Å². The summed E-state index contributed by atoms with van der Waals surface area (Å²) >= 11 is 11.2. The van der Waals surface area contributed by atoms with Crippen molar-refractivity contribution in [3.05, 3.63) is 28.0 Å². The molecule has 0 aliphatic heterocycles. The molecular weight excluding hydrogens is 181 g/mol. The quantitative estimate of drug-likeness (QED) is 0.610. The highest BCUT2D eigenvalue weighted by Gasteiger charge is 1.94. The largest absolute Gasteiger partial charge is 0.258 e. The van der Waals surface area contributed by atoms with E-state index in [-0.39, 0.29) is 0 Å². The van der Waals surface area contributed by atoms with E-state index in [1.165, 1.54) is 0 Å². The minimum Gasteiger partial charge on any atom is -0.258 e. The normalized spacial score (nSPS) is 8.45. The molecular formula is C8H11Cl2N. The lowest BCUT2D eigenvalue weighted by molar-refractivity contribution is 1.20. The lowest BCUT2D eigenvalue weighted by Crippen LogP contribution is -1.79. The third-order valence-corrected chi connectivity index (χ3v) is 1.58. The van der Waals surface area contributed by atoms with Gasteiger partial charge in [-0.05, 0) is 13.0 Å². The van der Waals surface area contributed by atoms with Crippen molar-refractivity contribution in [2.24, 2.45) is 0 Å². The van der Waals surface area contributed by atoms with Gasteiger partial charge in [0.05, 0.1) is 15.7 Å². The van der Waals surface area contributed by atoms with Crippen LogP contribution >= 0.6 is 23.2 Å². The van der Waals surface area contributed by atoms with Crippen molar-refractivity contribution in [3.8, 4) is 0 Å². The van der Waals surface area contributed by atoms with Crippen LogP contribution in [0, 0.1) is 6.92 Å². The molecule has 0 aliphatic carbocycles. The number of hydrogen-bond acceptors (Lipinski definition) is 1. The van der Waals surface area contributed by atoms with Crippen LogP contribution in [0.2, 0.25) is 10.0 Å². The highest BCUT2D eigenvalue weighted by Crippen LogP contribution is 2.16. The lowest BCUT2D eigenvalue weighted by atomic mass is 10.4. The summed E-state index contributed by atoms with van der Waals surface area (Å²) in [5.41, 5.74) is 0.807. The van der Waals surface area contributed by atoms with E-state index in [4.69, 9.17) is 23.2 Å². The second kappa shape index (κ2) is 5.39. The fourth-order valence-corrected chi connectivity index (χ4v) is 0.863. The number of hydrogen-bond donors (Lipinski definition) is 0. The Morgan fingerprint density at radius 3 is 2.18 bits per heavy atom. The molecule has 0 aromatic carbocycles. The number of halogens is 2. The SMILES string of the molecule is CC.Cc1ncc(Cl)cc1Cl. The van der Waals surface area contributed by atoms with Crippen LogP contribution in [0.1, 0.15) is 19.5 Å². The molecule has 62 valence electrons. The molecule has 0 fully saturated rings. The van der Waals surface area contributed by atoms with Crippen LogP contribution < -0.4 is 0 Å². The Morgan fingerprint density at radius 1 is 1.27 bits per heavy atom. The molecule has 1 aromatic rings. The van der Waals surface area contributed by atoms with E-state index in [0.29, 0.717) is 10.0 Å². The van der Waals surface area contributed by atoms with E-state index >= 15 is 0 Å². The van der Waals surface area contributed by atoms with Crippen LogP contribution in [0.3, 0.4) is 0 Å². The maximum Gasteiger partial charge on any atom is 0.0633 e. The van der Waals surface area contributed by atoms with Crippen molar-refractivity contribution in [1.29, 1.82) is 0 Å². The number of nitrogens with zero attached hydrogens (tertiary/aromatic N) is 1. The van der Waals surface area contributed by atoms with Crippen molar-refractivity contribution < 1.29 is 0 Å². The smallest absolute Gasteiger partial charge is 0.0633 e. The minimum atomic E-state index is 0.575. The van der Waals surface area contributed by atoms with Gasteiger partial charge >= 0.3 is 0 Å². The number of rotatable bonds is 0. The van der Waals surface area contributed by atoms with Gasteiger partial charge in [-0.2, -0.15) is 0 Å². The lowest BCUT2D eigenvalue weighted by Gasteiger charge is -1.93. The van der Waals surface area contributed by atoms with Crippen LogP contribution in [0.15, 0.2) is 12.3 Å². The van der Waals surface area contributed by atoms with Gasteiger partial charge in [0.15, 0.2) is 0 Å². The van der Waals surface area contributed by atoms with E-state index in [9.17, 15) is 0 Å². The Morgan fingerprint density at radius 2 is 1.82 bits per heavy atom. The molecule has 1 nitrogen and oxygen atoms in total. The minimum absolute atomic E-state index is 0.575. The molecule has 0 amide bonds. The van der Waals surface area contributed by atoms with Crippen LogP contribution in [0.5, 0.6) is 0 Å². The van der Waals surface area contributed by atoms with E-state index in [1.54, 1.807) is 12.3 Å². The summed E-state index contributed by atoms with van der Waals surface area (Å²) in [6, 6.07) is 1.67. The standard InChI is InChI=1S/C6H5Cl2N.C2H6/c1-4-6(8)2-5(7)3-9-4;1-2/h2-3H,1H3;1-2H3. The Balaban J connectivity index is 0.000000461. The highest BCUT2D eigenvalue weighted by atomic mass is 35.5. The van der Waals surface area contributed by atoms with Gasteiger partial charge in [-0.3, -0.25) is 4.98 Å². The first-order valence-corrected chi connectivity index (χ1v) is 4.23. The topological polar surface area (TPSA) is 12.9 Å². The molecule has 1 aromatic heterocycles. The molecule has 0 atom stereocenters. The van der Waals surface area contributed by atoms with Crippen LogP contribution in [0.25, 0.3) is 0 Å². The number of aromatic nitrogens is 1. The molecule has 1 heterocycles. The van der Waals surface area contributed by atoms with E-state index < -0.39 is 0 Å². The molecule has 0 saturated carbocycles. The maximum atomic E-state index is 5.67. The number of pyridine rings is 1. The first-order valence-electron chi connectivity index (χ1n) is 3.48. The average molecular weight is 192 g/mol.